The van der Waals surface area contributed by atoms with Crippen molar-refractivity contribution in [3.63, 3.8) is 0 Å². The molecule has 120 valence electrons. The number of carbonyl (C=O) groups is 1. The van der Waals surface area contributed by atoms with Gasteiger partial charge in [-0.05, 0) is 43.2 Å². The molecular weight excluding hydrogens is 320 g/mol. The minimum atomic E-state index is -0.665. The number of carbonyl (C=O) groups excluding carboxylic acids is 1. The van der Waals surface area contributed by atoms with Gasteiger partial charge in [0.2, 0.25) is 0 Å². The normalized spacial score (nSPS) is 11.7. The van der Waals surface area contributed by atoms with E-state index in [1.165, 1.54) is 18.2 Å². The van der Waals surface area contributed by atoms with Crippen LogP contribution in [0.2, 0.25) is 5.02 Å². The second kappa shape index (κ2) is 7.11. The van der Waals surface area contributed by atoms with Crippen molar-refractivity contribution in [3.8, 4) is 5.75 Å². The second-order valence-electron chi connectivity index (χ2n) is 5.14. The summed E-state index contributed by atoms with van der Waals surface area (Å²) < 4.78 is 0. The van der Waals surface area contributed by atoms with E-state index in [0.29, 0.717) is 6.42 Å². The van der Waals surface area contributed by atoms with Crippen molar-refractivity contribution in [1.82, 2.24) is 5.32 Å². The van der Waals surface area contributed by atoms with E-state index in [-0.39, 0.29) is 22.4 Å². The lowest BCUT2D eigenvalue weighted by Gasteiger charge is -2.14. The Hall–Kier alpha value is -2.60. The smallest absolute Gasteiger partial charge is 0.300 e. The summed E-state index contributed by atoms with van der Waals surface area (Å²) in [6, 6.07) is 10.6. The van der Waals surface area contributed by atoms with Crippen LogP contribution < -0.4 is 5.32 Å². The molecule has 1 atom stereocenters. The molecular formula is C16H15ClN2O4. The van der Waals surface area contributed by atoms with Crippen LogP contribution in [-0.4, -0.2) is 22.0 Å². The molecule has 1 amide bonds. The summed E-state index contributed by atoms with van der Waals surface area (Å²) in [4.78, 5) is 22.7. The first-order valence-electron chi connectivity index (χ1n) is 6.90. The summed E-state index contributed by atoms with van der Waals surface area (Å²) in [5.41, 5.74) is 0.458. The van der Waals surface area contributed by atoms with Gasteiger partial charge >= 0.3 is 5.69 Å². The van der Waals surface area contributed by atoms with Crippen LogP contribution >= 0.6 is 11.6 Å². The van der Waals surface area contributed by atoms with Crippen molar-refractivity contribution in [2.75, 3.05) is 0 Å². The molecule has 23 heavy (non-hydrogen) atoms. The van der Waals surface area contributed by atoms with E-state index in [1.54, 1.807) is 31.2 Å². The number of amides is 1. The maximum absolute atomic E-state index is 12.3. The average Bonchev–Trinajstić information content (AvgIpc) is 2.48. The molecule has 0 saturated carbocycles. The van der Waals surface area contributed by atoms with Crippen molar-refractivity contribution in [2.45, 2.75) is 19.4 Å². The second-order valence-corrected chi connectivity index (χ2v) is 5.55. The van der Waals surface area contributed by atoms with Crippen LogP contribution in [0.3, 0.4) is 0 Å². The Bertz CT molecular complexity index is 731. The zero-order valence-electron chi connectivity index (χ0n) is 12.3. The van der Waals surface area contributed by atoms with E-state index in [9.17, 15) is 20.0 Å². The van der Waals surface area contributed by atoms with Gasteiger partial charge < -0.3 is 10.4 Å². The molecule has 0 bridgehead atoms. The maximum Gasteiger partial charge on any atom is 0.300 e. The fraction of sp³-hybridized carbons (Fsp3) is 0.188. The van der Waals surface area contributed by atoms with E-state index >= 15 is 0 Å². The van der Waals surface area contributed by atoms with Gasteiger partial charge in [-0.2, -0.15) is 0 Å². The molecule has 2 N–H and O–H groups in total. The quantitative estimate of drug-likeness (QED) is 0.648. The number of hydrogen-bond donors (Lipinski definition) is 2. The summed E-state index contributed by atoms with van der Waals surface area (Å²) in [5.74, 6) is -0.384. The van der Waals surface area contributed by atoms with Crippen LogP contribution in [0.5, 0.6) is 5.75 Å². The molecule has 0 saturated heterocycles. The van der Waals surface area contributed by atoms with Crippen molar-refractivity contribution in [3.05, 3.63) is 68.7 Å². The number of hydrogen-bond acceptors (Lipinski definition) is 4. The highest BCUT2D eigenvalue weighted by molar-refractivity contribution is 6.33. The number of nitrogens with zero attached hydrogens (tertiary/aromatic N) is 1. The first-order valence-corrected chi connectivity index (χ1v) is 7.28. The third kappa shape index (κ3) is 4.20. The predicted octanol–water partition coefficient (Wildman–Crippen LogP) is 3.31. The van der Waals surface area contributed by atoms with E-state index in [2.05, 4.69) is 5.32 Å². The minimum Gasteiger partial charge on any atom is -0.508 e. The van der Waals surface area contributed by atoms with Crippen molar-refractivity contribution < 1.29 is 14.8 Å². The zero-order valence-corrected chi connectivity index (χ0v) is 13.1. The molecule has 6 nitrogen and oxygen atoms in total. The summed E-state index contributed by atoms with van der Waals surface area (Å²) in [7, 11) is 0. The van der Waals surface area contributed by atoms with Gasteiger partial charge in [-0.3, -0.25) is 14.9 Å². The summed E-state index contributed by atoms with van der Waals surface area (Å²) in [6.07, 6.45) is 0.528. The highest BCUT2D eigenvalue weighted by Gasteiger charge is 2.24. The summed E-state index contributed by atoms with van der Waals surface area (Å²) in [5, 5.41) is 23.0. The topological polar surface area (TPSA) is 92.5 Å². The summed E-state index contributed by atoms with van der Waals surface area (Å²) in [6.45, 7) is 1.79. The number of benzene rings is 2. The fourth-order valence-corrected chi connectivity index (χ4v) is 2.47. The number of para-hydroxylation sites is 1. The van der Waals surface area contributed by atoms with Gasteiger partial charge in [-0.15, -0.1) is 0 Å². The number of nitro benzene ring substituents is 1. The number of aromatic hydroxyl groups is 1. The van der Waals surface area contributed by atoms with Gasteiger partial charge in [0, 0.05) is 6.04 Å². The number of phenols is 1. The molecule has 0 heterocycles. The Kier molecular flexibility index (Phi) is 5.18. The Balaban J connectivity index is 2.11. The van der Waals surface area contributed by atoms with Crippen LogP contribution in [0.25, 0.3) is 0 Å². The Morgan fingerprint density at radius 1 is 1.30 bits per heavy atom. The largest absolute Gasteiger partial charge is 0.508 e. The Labute approximate surface area is 137 Å². The van der Waals surface area contributed by atoms with Crippen LogP contribution in [0, 0.1) is 10.1 Å². The van der Waals surface area contributed by atoms with E-state index in [0.717, 1.165) is 5.56 Å². The van der Waals surface area contributed by atoms with Crippen LogP contribution in [0.15, 0.2) is 42.5 Å². The van der Waals surface area contributed by atoms with Crippen LogP contribution in [0.4, 0.5) is 5.69 Å². The molecule has 2 rings (SSSR count). The Morgan fingerprint density at radius 2 is 1.96 bits per heavy atom. The highest BCUT2D eigenvalue weighted by Crippen LogP contribution is 2.28. The van der Waals surface area contributed by atoms with E-state index in [1.807, 2.05) is 0 Å². The molecule has 2 aromatic rings. The number of nitrogens with one attached hydrogen (secondary N) is 1. The number of nitro groups is 1. The van der Waals surface area contributed by atoms with Gasteiger partial charge in [0.1, 0.15) is 16.3 Å². The van der Waals surface area contributed by atoms with Gasteiger partial charge in [0.15, 0.2) is 0 Å². The number of phenolic OH excluding ortho intramolecular Hbond substituents is 1. The van der Waals surface area contributed by atoms with Crippen LogP contribution in [0.1, 0.15) is 22.8 Å². The summed E-state index contributed by atoms with van der Waals surface area (Å²) >= 11 is 5.80. The lowest BCUT2D eigenvalue weighted by molar-refractivity contribution is -0.385. The van der Waals surface area contributed by atoms with Crippen molar-refractivity contribution in [1.29, 1.82) is 0 Å². The standard InChI is InChI=1S/C16H15ClN2O4/c1-10(9-11-5-7-12(20)8-6-11)18-16(21)13-3-2-4-14(17)15(13)19(22)23/h2-8,10,20H,9H2,1H3,(H,18,21)/t10-/m0/s1. The lowest BCUT2D eigenvalue weighted by Crippen LogP contribution is -2.34. The molecule has 0 aromatic heterocycles. The van der Waals surface area contributed by atoms with Gasteiger partial charge in [-0.25, -0.2) is 0 Å². The molecule has 0 unspecified atom stereocenters. The predicted molar refractivity (Wildman–Crippen MR) is 86.8 cm³/mol. The SMILES string of the molecule is C[C@@H](Cc1ccc(O)cc1)NC(=O)c1cccc(Cl)c1[N+](=O)[O-]. The van der Waals surface area contributed by atoms with Gasteiger partial charge in [0.25, 0.3) is 5.91 Å². The highest BCUT2D eigenvalue weighted by atomic mass is 35.5. The molecule has 0 aliphatic carbocycles. The molecule has 0 radical (unpaired) electrons. The molecule has 7 heteroatoms. The fourth-order valence-electron chi connectivity index (χ4n) is 2.22. The average molecular weight is 335 g/mol. The van der Waals surface area contributed by atoms with Crippen LogP contribution in [-0.2, 0) is 6.42 Å². The molecule has 0 fully saturated rings. The van der Waals surface area contributed by atoms with Gasteiger partial charge in [0.05, 0.1) is 4.92 Å². The Morgan fingerprint density at radius 3 is 2.57 bits per heavy atom. The minimum absolute atomic E-state index is 0.0694. The molecule has 0 aliphatic heterocycles. The van der Waals surface area contributed by atoms with Crippen molar-refractivity contribution in [2.24, 2.45) is 0 Å². The molecule has 0 aliphatic rings. The number of halogens is 1. The van der Waals surface area contributed by atoms with E-state index < -0.39 is 16.5 Å². The third-order valence-electron chi connectivity index (χ3n) is 3.27. The van der Waals surface area contributed by atoms with Gasteiger partial charge in [-0.1, -0.05) is 29.8 Å². The first-order chi connectivity index (χ1) is 10.9. The third-order valence-corrected chi connectivity index (χ3v) is 3.57. The lowest BCUT2D eigenvalue weighted by atomic mass is 10.1. The first kappa shape index (κ1) is 16.8. The van der Waals surface area contributed by atoms with E-state index in [4.69, 9.17) is 11.6 Å². The number of rotatable bonds is 5. The zero-order chi connectivity index (χ0) is 17.0. The molecule has 2 aromatic carbocycles. The monoisotopic (exact) mass is 334 g/mol. The molecule has 0 spiro atoms. The van der Waals surface area contributed by atoms with Crippen molar-refractivity contribution >= 4 is 23.2 Å². The maximum atomic E-state index is 12.3.